The summed E-state index contributed by atoms with van der Waals surface area (Å²) in [6.07, 6.45) is 3.36. The molecule has 0 bridgehead atoms. The molecule has 4 nitrogen and oxygen atoms in total. The highest BCUT2D eigenvalue weighted by Gasteiger charge is 2.03. The molecule has 26 heavy (non-hydrogen) atoms. The Hall–Kier alpha value is -2.66. The maximum atomic E-state index is 12.2. The van der Waals surface area contributed by atoms with Gasteiger partial charge in [0.05, 0.1) is 13.2 Å². The molecular formula is C21H24FNO3. The minimum atomic E-state index is -0.496. The monoisotopic (exact) mass is 357 g/mol. The van der Waals surface area contributed by atoms with Crippen molar-refractivity contribution < 1.29 is 18.7 Å². The quantitative estimate of drug-likeness (QED) is 0.366. The lowest BCUT2D eigenvalue weighted by atomic mass is 10.1. The number of alkyl halides is 1. The van der Waals surface area contributed by atoms with E-state index in [4.69, 9.17) is 9.47 Å². The summed E-state index contributed by atoms with van der Waals surface area (Å²) < 4.78 is 22.3. The third-order valence-electron chi connectivity index (χ3n) is 3.69. The first-order valence-corrected chi connectivity index (χ1v) is 8.46. The number of halogens is 1. The van der Waals surface area contributed by atoms with Gasteiger partial charge in [-0.3, -0.25) is 4.79 Å². The minimum Gasteiger partial charge on any atom is -0.491 e. The maximum Gasteiger partial charge on any atom is 0.185 e. The molecule has 138 valence electrons. The summed E-state index contributed by atoms with van der Waals surface area (Å²) in [5, 5.41) is 0. The van der Waals surface area contributed by atoms with E-state index in [0.29, 0.717) is 24.5 Å². The highest BCUT2D eigenvalue weighted by atomic mass is 19.1. The summed E-state index contributed by atoms with van der Waals surface area (Å²) in [5.74, 6) is 0.577. The van der Waals surface area contributed by atoms with Gasteiger partial charge in [-0.2, -0.15) is 0 Å². The van der Waals surface area contributed by atoms with Crippen molar-refractivity contribution >= 4 is 17.5 Å². The maximum absolute atomic E-state index is 12.2. The molecule has 2 aromatic rings. The molecule has 2 rings (SSSR count). The number of hydrogen-bond acceptors (Lipinski definition) is 4. The number of allylic oxidation sites excluding steroid dienone is 1. The number of carbonyl (C=O) groups is 1. The molecule has 0 saturated carbocycles. The van der Waals surface area contributed by atoms with Crippen molar-refractivity contribution in [2.24, 2.45) is 0 Å². The predicted octanol–water partition coefficient (Wildman–Crippen LogP) is 4.01. The number of anilines is 1. The molecule has 0 atom stereocenters. The Morgan fingerprint density at radius 3 is 2.31 bits per heavy atom. The van der Waals surface area contributed by atoms with Crippen LogP contribution in [0.1, 0.15) is 15.9 Å². The van der Waals surface area contributed by atoms with Crippen LogP contribution in [0.3, 0.4) is 0 Å². The third kappa shape index (κ3) is 6.33. The molecule has 0 aliphatic rings. The van der Waals surface area contributed by atoms with Gasteiger partial charge in [-0.15, -0.1) is 0 Å². The van der Waals surface area contributed by atoms with Gasteiger partial charge in [0.1, 0.15) is 19.0 Å². The topological polar surface area (TPSA) is 38.8 Å². The molecular weight excluding hydrogens is 333 g/mol. The fourth-order valence-corrected chi connectivity index (χ4v) is 2.24. The third-order valence-corrected chi connectivity index (χ3v) is 3.69. The molecule has 0 spiro atoms. The van der Waals surface area contributed by atoms with Crippen LogP contribution in [0.2, 0.25) is 0 Å². The average molecular weight is 357 g/mol. The number of benzene rings is 2. The Kier molecular flexibility index (Phi) is 7.83. The molecule has 5 heteroatoms. The summed E-state index contributed by atoms with van der Waals surface area (Å²) in [6, 6.07) is 14.9. The lowest BCUT2D eigenvalue weighted by Gasteiger charge is -2.11. The first-order chi connectivity index (χ1) is 12.6. The second kappa shape index (κ2) is 10.4. The molecule has 0 radical (unpaired) electrons. The van der Waals surface area contributed by atoms with Gasteiger partial charge in [0, 0.05) is 25.3 Å². The fourth-order valence-electron chi connectivity index (χ4n) is 2.24. The van der Waals surface area contributed by atoms with Crippen LogP contribution in [-0.4, -0.2) is 46.4 Å². The van der Waals surface area contributed by atoms with E-state index >= 15 is 0 Å². The summed E-state index contributed by atoms with van der Waals surface area (Å²) >= 11 is 0. The van der Waals surface area contributed by atoms with Crippen molar-refractivity contribution in [2.75, 3.05) is 45.5 Å². The zero-order valence-electron chi connectivity index (χ0n) is 15.2. The van der Waals surface area contributed by atoms with Gasteiger partial charge in [0.25, 0.3) is 0 Å². The number of rotatable bonds is 10. The summed E-state index contributed by atoms with van der Waals surface area (Å²) in [4.78, 5) is 14.3. The zero-order valence-corrected chi connectivity index (χ0v) is 15.2. The fraction of sp³-hybridized carbons (Fsp3) is 0.286. The van der Waals surface area contributed by atoms with Crippen LogP contribution in [0.5, 0.6) is 5.75 Å². The van der Waals surface area contributed by atoms with Crippen molar-refractivity contribution in [3.05, 3.63) is 65.7 Å². The highest BCUT2D eigenvalue weighted by Crippen LogP contribution is 2.15. The molecule has 0 unspecified atom stereocenters. The Labute approximate surface area is 153 Å². The molecule has 0 aliphatic carbocycles. The molecule has 0 aliphatic heterocycles. The van der Waals surface area contributed by atoms with E-state index in [9.17, 15) is 9.18 Å². The van der Waals surface area contributed by atoms with Gasteiger partial charge < -0.3 is 14.4 Å². The normalized spacial score (nSPS) is 10.9. The van der Waals surface area contributed by atoms with E-state index < -0.39 is 6.67 Å². The van der Waals surface area contributed by atoms with E-state index in [-0.39, 0.29) is 12.4 Å². The van der Waals surface area contributed by atoms with E-state index in [1.165, 1.54) is 0 Å². The summed E-state index contributed by atoms with van der Waals surface area (Å²) in [5.41, 5.74) is 2.67. The standard InChI is InChI=1S/C21H24FNO3/c1-23(2)19-8-3-17(4-9-19)5-12-21(24)18-6-10-20(11-7-18)26-16-15-25-14-13-22/h3-12H,13-16H2,1-2H3. The largest absolute Gasteiger partial charge is 0.491 e. The van der Waals surface area contributed by atoms with Crippen LogP contribution in [0, 0.1) is 0 Å². The second-order valence-electron chi connectivity index (χ2n) is 5.86. The SMILES string of the molecule is CN(C)c1ccc(C=CC(=O)c2ccc(OCCOCCF)cc2)cc1. The van der Waals surface area contributed by atoms with Gasteiger partial charge in [-0.1, -0.05) is 18.2 Å². The number of nitrogens with zero attached hydrogens (tertiary/aromatic N) is 1. The van der Waals surface area contributed by atoms with Crippen molar-refractivity contribution in [3.8, 4) is 5.75 Å². The smallest absolute Gasteiger partial charge is 0.185 e. The first-order valence-electron chi connectivity index (χ1n) is 8.46. The lowest BCUT2D eigenvalue weighted by molar-refractivity contribution is 0.0897. The van der Waals surface area contributed by atoms with Gasteiger partial charge in [-0.05, 0) is 48.0 Å². The van der Waals surface area contributed by atoms with Crippen LogP contribution < -0.4 is 9.64 Å². The molecule has 0 heterocycles. The van der Waals surface area contributed by atoms with E-state index in [0.717, 1.165) is 11.3 Å². The van der Waals surface area contributed by atoms with Crippen LogP contribution in [0.25, 0.3) is 6.08 Å². The van der Waals surface area contributed by atoms with Gasteiger partial charge in [0.2, 0.25) is 0 Å². The molecule has 0 fully saturated rings. The highest BCUT2D eigenvalue weighted by molar-refractivity contribution is 6.06. The number of hydrogen-bond donors (Lipinski definition) is 0. The van der Waals surface area contributed by atoms with Gasteiger partial charge in [-0.25, -0.2) is 4.39 Å². The molecule has 0 aromatic heterocycles. The zero-order chi connectivity index (χ0) is 18.8. The van der Waals surface area contributed by atoms with Crippen molar-refractivity contribution in [2.45, 2.75) is 0 Å². The van der Waals surface area contributed by atoms with Gasteiger partial charge in [0.15, 0.2) is 5.78 Å². The van der Waals surface area contributed by atoms with E-state index in [1.54, 1.807) is 36.4 Å². The molecule has 0 saturated heterocycles. The Morgan fingerprint density at radius 2 is 1.69 bits per heavy atom. The molecule has 0 amide bonds. The van der Waals surface area contributed by atoms with Crippen LogP contribution >= 0.6 is 0 Å². The summed E-state index contributed by atoms with van der Waals surface area (Å²) in [7, 11) is 3.97. The number of ether oxygens (including phenoxy) is 2. The Bertz CT molecular complexity index is 709. The van der Waals surface area contributed by atoms with E-state index in [1.807, 2.05) is 43.3 Å². The lowest BCUT2D eigenvalue weighted by Crippen LogP contribution is -2.08. The average Bonchev–Trinajstić information content (AvgIpc) is 2.66. The Morgan fingerprint density at radius 1 is 1.00 bits per heavy atom. The van der Waals surface area contributed by atoms with Crippen molar-refractivity contribution in [3.63, 3.8) is 0 Å². The van der Waals surface area contributed by atoms with Crippen LogP contribution in [0.15, 0.2) is 54.6 Å². The van der Waals surface area contributed by atoms with Gasteiger partial charge >= 0.3 is 0 Å². The van der Waals surface area contributed by atoms with Crippen molar-refractivity contribution in [1.82, 2.24) is 0 Å². The molecule has 2 aromatic carbocycles. The molecule has 0 N–H and O–H groups in total. The number of ketones is 1. The first kappa shape index (κ1) is 19.7. The number of carbonyl (C=O) groups excluding carboxylic acids is 1. The minimum absolute atomic E-state index is 0.0699. The van der Waals surface area contributed by atoms with Crippen LogP contribution in [-0.2, 0) is 4.74 Å². The van der Waals surface area contributed by atoms with E-state index in [2.05, 4.69) is 0 Å². The van der Waals surface area contributed by atoms with Crippen molar-refractivity contribution in [1.29, 1.82) is 0 Å². The second-order valence-corrected chi connectivity index (χ2v) is 5.86. The predicted molar refractivity (Wildman–Crippen MR) is 103 cm³/mol. The Balaban J connectivity index is 1.86. The summed E-state index contributed by atoms with van der Waals surface area (Å²) in [6.45, 7) is 0.265. The van der Waals surface area contributed by atoms with Crippen LogP contribution in [0.4, 0.5) is 10.1 Å².